The molecular weight excluding hydrogens is 216 g/mol. The third-order valence-corrected chi connectivity index (χ3v) is 3.33. The van der Waals surface area contributed by atoms with Crippen molar-refractivity contribution < 1.29 is 9.63 Å². The van der Waals surface area contributed by atoms with Crippen molar-refractivity contribution in [3.05, 3.63) is 29.6 Å². The molecule has 17 heavy (non-hydrogen) atoms. The van der Waals surface area contributed by atoms with Crippen LogP contribution in [-0.4, -0.2) is 15.2 Å². The van der Waals surface area contributed by atoms with Crippen molar-refractivity contribution in [2.24, 2.45) is 5.92 Å². The summed E-state index contributed by atoms with van der Waals surface area (Å²) in [5.74, 6) is 2.75. The van der Waals surface area contributed by atoms with Gasteiger partial charge in [0.1, 0.15) is 5.75 Å². The predicted molar refractivity (Wildman–Crippen MR) is 62.7 cm³/mol. The monoisotopic (exact) mass is 230 g/mol. The number of aromatic hydroxyl groups is 1. The first kappa shape index (κ1) is 10.3. The van der Waals surface area contributed by atoms with Gasteiger partial charge in [-0.15, -0.1) is 0 Å². The number of benzene rings is 1. The van der Waals surface area contributed by atoms with Crippen LogP contribution in [0.4, 0.5) is 0 Å². The van der Waals surface area contributed by atoms with Crippen LogP contribution >= 0.6 is 0 Å². The zero-order valence-electron chi connectivity index (χ0n) is 9.84. The first-order valence-electron chi connectivity index (χ1n) is 5.79. The number of phenols is 1. The maximum Gasteiger partial charge on any atom is 0.257 e. The minimum absolute atomic E-state index is 0.282. The summed E-state index contributed by atoms with van der Waals surface area (Å²) >= 11 is 0. The van der Waals surface area contributed by atoms with Gasteiger partial charge >= 0.3 is 0 Å². The quantitative estimate of drug-likeness (QED) is 0.861. The normalized spacial score (nSPS) is 22.7. The van der Waals surface area contributed by atoms with Crippen molar-refractivity contribution >= 4 is 0 Å². The smallest absolute Gasteiger partial charge is 0.257 e. The zero-order valence-corrected chi connectivity index (χ0v) is 9.84. The molecule has 4 nitrogen and oxygen atoms in total. The Morgan fingerprint density at radius 2 is 2.18 bits per heavy atom. The molecule has 0 spiro atoms. The van der Waals surface area contributed by atoms with Gasteiger partial charge in [-0.1, -0.05) is 12.1 Å². The van der Waals surface area contributed by atoms with Gasteiger partial charge in [0.05, 0.1) is 0 Å². The van der Waals surface area contributed by atoms with E-state index < -0.39 is 0 Å². The number of aryl methyl sites for hydroxylation is 1. The summed E-state index contributed by atoms with van der Waals surface area (Å²) in [4.78, 5) is 4.40. The van der Waals surface area contributed by atoms with E-state index in [2.05, 4.69) is 17.1 Å². The van der Waals surface area contributed by atoms with Crippen LogP contribution in [0.5, 0.6) is 5.75 Å². The van der Waals surface area contributed by atoms with E-state index in [9.17, 15) is 5.11 Å². The lowest BCUT2D eigenvalue weighted by Gasteiger charge is -1.99. The van der Waals surface area contributed by atoms with E-state index in [1.165, 1.54) is 0 Å². The fraction of sp³-hybridized carbons (Fsp3) is 0.385. The van der Waals surface area contributed by atoms with Crippen molar-refractivity contribution in [2.45, 2.75) is 26.2 Å². The van der Waals surface area contributed by atoms with Gasteiger partial charge in [0, 0.05) is 11.5 Å². The molecule has 0 amide bonds. The van der Waals surface area contributed by atoms with Crippen LogP contribution < -0.4 is 0 Å². The average molecular weight is 230 g/mol. The molecule has 1 heterocycles. The van der Waals surface area contributed by atoms with Crippen molar-refractivity contribution in [1.29, 1.82) is 0 Å². The lowest BCUT2D eigenvalue weighted by Crippen LogP contribution is -1.85. The molecule has 0 aliphatic heterocycles. The molecule has 2 atom stereocenters. The highest BCUT2D eigenvalue weighted by molar-refractivity contribution is 5.56. The molecule has 1 aromatic carbocycles. The van der Waals surface area contributed by atoms with Crippen LogP contribution in [0.3, 0.4) is 0 Å². The molecule has 3 rings (SSSR count). The Kier molecular flexibility index (Phi) is 2.18. The largest absolute Gasteiger partial charge is 0.508 e. The minimum Gasteiger partial charge on any atom is -0.508 e. The van der Waals surface area contributed by atoms with E-state index >= 15 is 0 Å². The lowest BCUT2D eigenvalue weighted by atomic mass is 10.1. The Hall–Kier alpha value is -1.84. The molecule has 1 aromatic heterocycles. The third kappa shape index (κ3) is 1.79. The first-order valence-corrected chi connectivity index (χ1v) is 5.79. The minimum atomic E-state index is 0.282. The number of aromatic nitrogens is 2. The lowest BCUT2D eigenvalue weighted by molar-refractivity contribution is 0.421. The van der Waals surface area contributed by atoms with Crippen molar-refractivity contribution in [1.82, 2.24) is 10.1 Å². The van der Waals surface area contributed by atoms with E-state index in [1.54, 1.807) is 12.1 Å². The topological polar surface area (TPSA) is 59.2 Å². The van der Waals surface area contributed by atoms with Crippen LogP contribution in [0.1, 0.15) is 30.7 Å². The highest BCUT2D eigenvalue weighted by Gasteiger charge is 2.38. The van der Waals surface area contributed by atoms with Gasteiger partial charge in [0.25, 0.3) is 5.89 Å². The molecule has 4 heteroatoms. The van der Waals surface area contributed by atoms with Gasteiger partial charge in [0.2, 0.25) is 0 Å². The molecule has 2 unspecified atom stereocenters. The molecule has 0 bridgehead atoms. The summed E-state index contributed by atoms with van der Waals surface area (Å²) in [7, 11) is 0. The van der Waals surface area contributed by atoms with Crippen LogP contribution in [0.25, 0.3) is 11.5 Å². The van der Waals surface area contributed by atoms with E-state index in [4.69, 9.17) is 4.52 Å². The Labute approximate surface area is 99.3 Å². The molecule has 1 N–H and O–H groups in total. The fourth-order valence-corrected chi connectivity index (χ4v) is 1.97. The van der Waals surface area contributed by atoms with Gasteiger partial charge < -0.3 is 9.63 Å². The highest BCUT2D eigenvalue weighted by Crippen LogP contribution is 2.45. The summed E-state index contributed by atoms with van der Waals surface area (Å²) < 4.78 is 5.25. The summed E-state index contributed by atoms with van der Waals surface area (Å²) in [6.07, 6.45) is 1.15. The van der Waals surface area contributed by atoms with Gasteiger partial charge in [0.15, 0.2) is 5.82 Å². The molecule has 1 saturated carbocycles. The number of hydrogen-bond acceptors (Lipinski definition) is 4. The van der Waals surface area contributed by atoms with E-state index in [-0.39, 0.29) is 5.75 Å². The van der Waals surface area contributed by atoms with Gasteiger partial charge in [-0.2, -0.15) is 4.98 Å². The highest BCUT2D eigenvalue weighted by atomic mass is 16.5. The van der Waals surface area contributed by atoms with Crippen LogP contribution in [0, 0.1) is 12.8 Å². The molecule has 1 aliphatic carbocycles. The van der Waals surface area contributed by atoms with Gasteiger partial charge in [-0.05, 0) is 43.0 Å². The molecule has 0 radical (unpaired) electrons. The van der Waals surface area contributed by atoms with Gasteiger partial charge in [-0.3, -0.25) is 0 Å². The Balaban J connectivity index is 1.92. The second-order valence-electron chi connectivity index (χ2n) is 4.78. The maximum atomic E-state index is 9.46. The number of phenolic OH excluding ortho intramolecular Hbond substituents is 1. The Bertz CT molecular complexity index is 562. The second-order valence-corrected chi connectivity index (χ2v) is 4.78. The summed E-state index contributed by atoms with van der Waals surface area (Å²) in [5.41, 5.74) is 1.66. The molecule has 88 valence electrons. The summed E-state index contributed by atoms with van der Waals surface area (Å²) in [6, 6.07) is 5.28. The number of nitrogens with zero attached hydrogens (tertiary/aromatic N) is 2. The maximum absolute atomic E-state index is 9.46. The van der Waals surface area contributed by atoms with Crippen LogP contribution in [-0.2, 0) is 0 Å². The number of hydrogen-bond donors (Lipinski definition) is 1. The second kappa shape index (κ2) is 3.58. The fourth-order valence-electron chi connectivity index (χ4n) is 1.97. The van der Waals surface area contributed by atoms with Gasteiger partial charge in [-0.25, -0.2) is 0 Å². The van der Waals surface area contributed by atoms with E-state index in [1.807, 2.05) is 13.0 Å². The molecular formula is C13H14N2O2. The third-order valence-electron chi connectivity index (χ3n) is 3.33. The van der Waals surface area contributed by atoms with Crippen molar-refractivity contribution in [3.63, 3.8) is 0 Å². The zero-order chi connectivity index (χ0) is 12.0. The molecule has 1 aliphatic rings. The van der Waals surface area contributed by atoms with Crippen molar-refractivity contribution in [3.8, 4) is 17.2 Å². The summed E-state index contributed by atoms with van der Waals surface area (Å²) in [5, 5.41) is 13.5. The average Bonchev–Trinajstić information content (AvgIpc) is 2.86. The SMILES string of the molecule is Cc1cc(-c2nc(C3CC3C)no2)ccc1O. The van der Waals surface area contributed by atoms with E-state index in [0.29, 0.717) is 17.7 Å². The molecule has 1 fully saturated rings. The molecule has 0 saturated heterocycles. The standard InChI is InChI=1S/C13H14N2O2/c1-7-6-10(7)12-14-13(17-15-12)9-3-4-11(16)8(2)5-9/h3-5,7,10,16H,6H2,1-2H3. The van der Waals surface area contributed by atoms with Crippen LogP contribution in [0.2, 0.25) is 0 Å². The Morgan fingerprint density at radius 1 is 1.41 bits per heavy atom. The Morgan fingerprint density at radius 3 is 2.82 bits per heavy atom. The first-order chi connectivity index (χ1) is 8.15. The van der Waals surface area contributed by atoms with Crippen molar-refractivity contribution in [2.75, 3.05) is 0 Å². The summed E-state index contributed by atoms with van der Waals surface area (Å²) in [6.45, 7) is 4.03. The van der Waals surface area contributed by atoms with Crippen LogP contribution in [0.15, 0.2) is 22.7 Å². The van der Waals surface area contributed by atoms with E-state index in [0.717, 1.165) is 23.4 Å². The predicted octanol–water partition coefficient (Wildman–Crippen LogP) is 2.87. The number of rotatable bonds is 2. The molecule has 2 aromatic rings.